The number of hydrazone groups is 1. The lowest BCUT2D eigenvalue weighted by Gasteiger charge is -2.04. The van der Waals surface area contributed by atoms with Crippen LogP contribution in [0, 0.1) is 20.8 Å². The van der Waals surface area contributed by atoms with Crippen molar-refractivity contribution in [3.05, 3.63) is 64.4 Å². The van der Waals surface area contributed by atoms with Crippen molar-refractivity contribution in [1.29, 1.82) is 0 Å². The summed E-state index contributed by atoms with van der Waals surface area (Å²) in [5, 5.41) is 9.20. The summed E-state index contributed by atoms with van der Waals surface area (Å²) in [4.78, 5) is 28.1. The van der Waals surface area contributed by atoms with Gasteiger partial charge in [-0.15, -0.1) is 11.3 Å². The highest BCUT2D eigenvalue weighted by atomic mass is 32.1. The summed E-state index contributed by atoms with van der Waals surface area (Å²) in [6, 6.07) is 9.11. The van der Waals surface area contributed by atoms with Crippen LogP contribution in [0.4, 0.5) is 5.69 Å². The van der Waals surface area contributed by atoms with Crippen LogP contribution >= 0.6 is 11.3 Å². The molecule has 0 saturated heterocycles. The maximum Gasteiger partial charge on any atom is 0.329 e. The number of carbonyl (C=O) groups excluding carboxylic acids is 2. The van der Waals surface area contributed by atoms with Crippen molar-refractivity contribution in [2.45, 2.75) is 20.8 Å². The van der Waals surface area contributed by atoms with Gasteiger partial charge >= 0.3 is 11.8 Å². The summed E-state index contributed by atoms with van der Waals surface area (Å²) in [7, 11) is 0. The van der Waals surface area contributed by atoms with Crippen LogP contribution in [-0.4, -0.2) is 27.6 Å². The minimum absolute atomic E-state index is 0.553. The van der Waals surface area contributed by atoms with E-state index in [0.717, 1.165) is 27.6 Å². The second kappa shape index (κ2) is 7.96. The van der Waals surface area contributed by atoms with Crippen LogP contribution in [0.25, 0.3) is 5.13 Å². The highest BCUT2D eigenvalue weighted by Gasteiger charge is 2.14. The third kappa shape index (κ3) is 4.29. The maximum atomic E-state index is 11.9. The molecule has 0 unspecified atom stereocenters. The highest BCUT2D eigenvalue weighted by molar-refractivity contribution is 7.12. The monoisotopic (exact) mass is 381 g/mol. The quantitative estimate of drug-likeness (QED) is 0.414. The second-order valence-corrected chi connectivity index (χ2v) is 6.87. The van der Waals surface area contributed by atoms with Gasteiger partial charge in [-0.05, 0) is 39.0 Å². The molecular formula is C19H19N5O2S. The number of rotatable bonds is 4. The Bertz CT molecular complexity index is 988. The molecule has 2 amide bonds. The largest absolute Gasteiger partial charge is 0.329 e. The van der Waals surface area contributed by atoms with E-state index in [-0.39, 0.29) is 0 Å². The van der Waals surface area contributed by atoms with E-state index in [0.29, 0.717) is 5.69 Å². The van der Waals surface area contributed by atoms with Gasteiger partial charge in [-0.3, -0.25) is 14.2 Å². The van der Waals surface area contributed by atoms with Crippen LogP contribution in [0.2, 0.25) is 0 Å². The second-order valence-electron chi connectivity index (χ2n) is 6.00. The summed E-state index contributed by atoms with van der Waals surface area (Å²) < 4.78 is 2.01. The van der Waals surface area contributed by atoms with Gasteiger partial charge in [0.25, 0.3) is 0 Å². The first-order valence-corrected chi connectivity index (χ1v) is 9.13. The molecule has 2 heterocycles. The van der Waals surface area contributed by atoms with Crippen molar-refractivity contribution in [2.24, 2.45) is 5.10 Å². The van der Waals surface area contributed by atoms with E-state index in [4.69, 9.17) is 0 Å². The number of benzene rings is 1. The number of carbonyl (C=O) groups is 2. The summed E-state index contributed by atoms with van der Waals surface area (Å²) >= 11 is 1.54. The van der Waals surface area contributed by atoms with Gasteiger partial charge in [0.15, 0.2) is 5.13 Å². The third-order valence-electron chi connectivity index (χ3n) is 3.97. The van der Waals surface area contributed by atoms with Crippen molar-refractivity contribution in [3.8, 4) is 5.13 Å². The highest BCUT2D eigenvalue weighted by Crippen LogP contribution is 2.21. The molecule has 7 nitrogen and oxygen atoms in total. The zero-order valence-electron chi connectivity index (χ0n) is 15.2. The van der Waals surface area contributed by atoms with E-state index in [1.807, 2.05) is 48.9 Å². The van der Waals surface area contributed by atoms with Crippen molar-refractivity contribution >= 4 is 35.1 Å². The molecular weight excluding hydrogens is 362 g/mol. The lowest BCUT2D eigenvalue weighted by atomic mass is 10.2. The number of nitrogens with one attached hydrogen (secondary N) is 2. The fourth-order valence-electron chi connectivity index (χ4n) is 2.57. The molecule has 1 aromatic carbocycles. The molecule has 27 heavy (non-hydrogen) atoms. The molecule has 0 fully saturated rings. The van der Waals surface area contributed by atoms with Crippen molar-refractivity contribution in [1.82, 2.24) is 15.0 Å². The van der Waals surface area contributed by atoms with E-state index < -0.39 is 11.8 Å². The molecule has 0 saturated carbocycles. The van der Waals surface area contributed by atoms with Gasteiger partial charge in [0.05, 0.1) is 6.21 Å². The molecule has 0 aliphatic carbocycles. The zero-order valence-corrected chi connectivity index (χ0v) is 16.0. The van der Waals surface area contributed by atoms with Gasteiger partial charge in [-0.1, -0.05) is 17.7 Å². The smallest absolute Gasteiger partial charge is 0.318 e. The normalized spacial score (nSPS) is 10.9. The van der Waals surface area contributed by atoms with Gasteiger partial charge in [0.1, 0.15) is 0 Å². The van der Waals surface area contributed by atoms with E-state index in [2.05, 4.69) is 20.8 Å². The number of hydrogen-bond acceptors (Lipinski definition) is 5. The minimum Gasteiger partial charge on any atom is -0.318 e. The van der Waals surface area contributed by atoms with E-state index >= 15 is 0 Å². The molecule has 0 atom stereocenters. The Hall–Kier alpha value is -3.26. The Kier molecular flexibility index (Phi) is 5.46. The number of anilines is 1. The third-order valence-corrected chi connectivity index (χ3v) is 4.72. The summed E-state index contributed by atoms with van der Waals surface area (Å²) in [5.41, 5.74) is 6.66. The molecule has 2 N–H and O–H groups in total. The average molecular weight is 381 g/mol. The fraction of sp³-hybridized carbons (Fsp3) is 0.158. The molecule has 138 valence electrons. The molecule has 0 radical (unpaired) electrons. The van der Waals surface area contributed by atoms with Crippen LogP contribution < -0.4 is 10.7 Å². The Morgan fingerprint density at radius 3 is 2.56 bits per heavy atom. The van der Waals surface area contributed by atoms with E-state index in [9.17, 15) is 9.59 Å². The van der Waals surface area contributed by atoms with Crippen molar-refractivity contribution in [2.75, 3.05) is 5.32 Å². The lowest BCUT2D eigenvalue weighted by Crippen LogP contribution is -2.32. The molecule has 0 aliphatic heterocycles. The number of thiazole rings is 1. The van der Waals surface area contributed by atoms with Crippen LogP contribution in [0.1, 0.15) is 22.5 Å². The van der Waals surface area contributed by atoms with Gasteiger partial charge in [-0.2, -0.15) is 5.10 Å². The fourth-order valence-corrected chi connectivity index (χ4v) is 3.33. The first-order valence-electron chi connectivity index (χ1n) is 8.25. The first kappa shape index (κ1) is 18.5. The molecule has 2 aromatic heterocycles. The van der Waals surface area contributed by atoms with Gasteiger partial charge in [-0.25, -0.2) is 10.4 Å². The van der Waals surface area contributed by atoms with Crippen LogP contribution in [0.3, 0.4) is 0 Å². The Labute approximate surface area is 160 Å². The van der Waals surface area contributed by atoms with E-state index in [1.165, 1.54) is 17.6 Å². The standard InChI is InChI=1S/C19H19N5O2S/c1-12-4-6-16(7-5-12)22-17(25)18(26)23-21-11-15-10-13(2)24(14(15)3)19-20-8-9-27-19/h4-11H,1-3H3,(H,22,25)(H,23,26)/b21-11-. The lowest BCUT2D eigenvalue weighted by molar-refractivity contribution is -0.136. The van der Waals surface area contributed by atoms with Gasteiger partial charge in [0, 0.05) is 34.2 Å². The first-order chi connectivity index (χ1) is 13.0. The molecule has 3 rings (SSSR count). The Balaban J connectivity index is 1.63. The molecule has 3 aromatic rings. The Morgan fingerprint density at radius 2 is 1.89 bits per heavy atom. The Morgan fingerprint density at radius 1 is 1.15 bits per heavy atom. The molecule has 0 bridgehead atoms. The van der Waals surface area contributed by atoms with Crippen molar-refractivity contribution < 1.29 is 9.59 Å². The number of aryl methyl sites for hydroxylation is 2. The molecule has 0 spiro atoms. The predicted molar refractivity (Wildman–Crippen MR) is 106 cm³/mol. The molecule has 0 aliphatic rings. The number of hydrogen-bond donors (Lipinski definition) is 2. The molecule has 8 heteroatoms. The number of amides is 2. The topological polar surface area (TPSA) is 88.4 Å². The van der Waals surface area contributed by atoms with Gasteiger partial charge < -0.3 is 5.32 Å². The number of aromatic nitrogens is 2. The van der Waals surface area contributed by atoms with E-state index in [1.54, 1.807) is 18.3 Å². The average Bonchev–Trinajstić information content (AvgIpc) is 3.25. The van der Waals surface area contributed by atoms with Crippen LogP contribution in [0.15, 0.2) is 47.0 Å². The minimum atomic E-state index is -0.833. The summed E-state index contributed by atoms with van der Waals surface area (Å²) in [6.45, 7) is 5.86. The predicted octanol–water partition coefficient (Wildman–Crippen LogP) is 2.95. The summed E-state index contributed by atoms with van der Waals surface area (Å²) in [5.74, 6) is -1.61. The van der Waals surface area contributed by atoms with Crippen LogP contribution in [0.5, 0.6) is 0 Å². The summed E-state index contributed by atoms with van der Waals surface area (Å²) in [6.07, 6.45) is 3.27. The maximum absolute atomic E-state index is 11.9. The van der Waals surface area contributed by atoms with Crippen molar-refractivity contribution in [3.63, 3.8) is 0 Å². The van der Waals surface area contributed by atoms with Crippen LogP contribution in [-0.2, 0) is 9.59 Å². The number of nitrogens with zero attached hydrogens (tertiary/aromatic N) is 3. The van der Waals surface area contributed by atoms with Gasteiger partial charge in [0.2, 0.25) is 0 Å². The zero-order chi connectivity index (χ0) is 19.4. The SMILES string of the molecule is Cc1ccc(NC(=O)C(=O)N/N=C\c2cc(C)n(-c3nccs3)c2C)cc1.